The van der Waals surface area contributed by atoms with Crippen LogP contribution in [0, 0.1) is 18.8 Å². The number of nitrogens with two attached hydrogens (primary N) is 1. The summed E-state index contributed by atoms with van der Waals surface area (Å²) in [5, 5.41) is 16.0. The van der Waals surface area contributed by atoms with E-state index in [0.717, 1.165) is 12.8 Å². The minimum atomic E-state index is -3.86. The Kier molecular flexibility index (Phi) is 3.78. The van der Waals surface area contributed by atoms with Gasteiger partial charge in [0, 0.05) is 18.0 Å². The maximum Gasteiger partial charge on any atom is 0.254 e. The molecule has 0 radical (unpaired) electrons. The van der Waals surface area contributed by atoms with Crippen molar-refractivity contribution < 1.29 is 18.3 Å². The molecule has 0 aromatic heterocycles. The maximum atomic E-state index is 12.8. The minimum absolute atomic E-state index is 0.0145. The van der Waals surface area contributed by atoms with E-state index >= 15 is 0 Å². The van der Waals surface area contributed by atoms with Gasteiger partial charge in [-0.25, -0.2) is 13.6 Å². The molecule has 7 heteroatoms. The highest BCUT2D eigenvalue weighted by Gasteiger charge is 2.53. The Labute approximate surface area is 136 Å². The molecule has 0 spiro atoms. The summed E-state index contributed by atoms with van der Waals surface area (Å²) in [5.74, 6) is 0.0317. The molecule has 3 rings (SSSR count). The molecule has 1 aliphatic carbocycles. The molecule has 0 unspecified atom stereocenters. The van der Waals surface area contributed by atoms with Gasteiger partial charge in [-0.15, -0.1) is 0 Å². The number of hydrogen-bond donors (Lipinski definition) is 2. The summed E-state index contributed by atoms with van der Waals surface area (Å²) in [7, 11) is -3.86. The second kappa shape index (κ2) is 5.29. The Morgan fingerprint density at radius 3 is 2.61 bits per heavy atom. The number of carbonyl (C=O) groups is 1. The molecule has 1 amide bonds. The lowest BCUT2D eigenvalue weighted by atomic mass is 9.88. The number of sulfonamides is 1. The summed E-state index contributed by atoms with van der Waals surface area (Å²) in [5.41, 5.74) is 0.196. The average Bonchev–Trinajstić information content (AvgIpc) is 3.25. The van der Waals surface area contributed by atoms with E-state index in [-0.39, 0.29) is 22.6 Å². The molecule has 1 saturated heterocycles. The van der Waals surface area contributed by atoms with E-state index in [2.05, 4.69) is 0 Å². The van der Waals surface area contributed by atoms with Crippen molar-refractivity contribution >= 4 is 15.9 Å². The van der Waals surface area contributed by atoms with Crippen LogP contribution < -0.4 is 5.14 Å². The van der Waals surface area contributed by atoms with Crippen LogP contribution in [0.15, 0.2) is 23.1 Å². The van der Waals surface area contributed by atoms with E-state index in [1.807, 2.05) is 6.92 Å². The predicted molar refractivity (Wildman–Crippen MR) is 85.3 cm³/mol. The zero-order chi connectivity index (χ0) is 17.0. The highest BCUT2D eigenvalue weighted by molar-refractivity contribution is 7.89. The molecule has 1 aromatic carbocycles. The number of carbonyl (C=O) groups excluding carboxylic acids is 1. The number of nitrogens with zero attached hydrogens (tertiary/aromatic N) is 1. The van der Waals surface area contributed by atoms with Gasteiger partial charge in [0.15, 0.2) is 0 Å². The molecule has 1 aromatic rings. The van der Waals surface area contributed by atoms with Gasteiger partial charge in [-0.2, -0.15) is 0 Å². The van der Waals surface area contributed by atoms with Gasteiger partial charge in [0.05, 0.1) is 17.0 Å². The third kappa shape index (κ3) is 2.88. The number of likely N-dealkylation sites (tertiary alicyclic amines) is 1. The number of benzene rings is 1. The van der Waals surface area contributed by atoms with Crippen LogP contribution in [0.1, 0.15) is 35.7 Å². The summed E-state index contributed by atoms with van der Waals surface area (Å²) in [6.45, 7) is 4.49. The van der Waals surface area contributed by atoms with Crippen LogP contribution in [0.25, 0.3) is 0 Å². The number of rotatable bonds is 3. The van der Waals surface area contributed by atoms with Gasteiger partial charge in [0.25, 0.3) is 5.91 Å². The van der Waals surface area contributed by atoms with Crippen molar-refractivity contribution in [2.45, 2.75) is 37.2 Å². The zero-order valence-corrected chi connectivity index (χ0v) is 14.1. The van der Waals surface area contributed by atoms with Gasteiger partial charge in [-0.3, -0.25) is 4.79 Å². The van der Waals surface area contributed by atoms with Crippen LogP contribution in [-0.4, -0.2) is 43.0 Å². The monoisotopic (exact) mass is 338 g/mol. The quantitative estimate of drug-likeness (QED) is 0.854. The molecule has 1 heterocycles. The van der Waals surface area contributed by atoms with E-state index in [1.54, 1.807) is 17.9 Å². The number of hydrogen-bond acceptors (Lipinski definition) is 4. The summed E-state index contributed by atoms with van der Waals surface area (Å²) >= 11 is 0. The normalized spacial score (nSPS) is 28.2. The number of amides is 1. The largest absolute Gasteiger partial charge is 0.387 e. The highest BCUT2D eigenvalue weighted by atomic mass is 32.2. The first-order valence-electron chi connectivity index (χ1n) is 7.78. The second-order valence-electron chi connectivity index (χ2n) is 6.87. The summed E-state index contributed by atoms with van der Waals surface area (Å²) in [4.78, 5) is 14.4. The van der Waals surface area contributed by atoms with Crippen LogP contribution in [0.4, 0.5) is 0 Å². The number of primary sulfonamides is 1. The molecule has 1 saturated carbocycles. The molecule has 0 bridgehead atoms. The molecule has 2 fully saturated rings. The van der Waals surface area contributed by atoms with Crippen molar-refractivity contribution in [1.82, 2.24) is 4.90 Å². The molecule has 23 heavy (non-hydrogen) atoms. The van der Waals surface area contributed by atoms with Crippen molar-refractivity contribution in [3.63, 3.8) is 0 Å². The first kappa shape index (κ1) is 16.4. The Balaban J connectivity index is 1.89. The van der Waals surface area contributed by atoms with E-state index in [0.29, 0.717) is 24.2 Å². The van der Waals surface area contributed by atoms with Crippen LogP contribution in [-0.2, 0) is 10.0 Å². The van der Waals surface area contributed by atoms with Crippen molar-refractivity contribution in [3.05, 3.63) is 29.3 Å². The fraction of sp³-hybridized carbons (Fsp3) is 0.562. The third-order valence-corrected chi connectivity index (χ3v) is 6.04. The molecule has 1 aliphatic heterocycles. The number of aliphatic hydroxyl groups is 1. The molecule has 6 nitrogen and oxygen atoms in total. The van der Waals surface area contributed by atoms with Crippen molar-refractivity contribution in [2.24, 2.45) is 17.0 Å². The second-order valence-corrected chi connectivity index (χ2v) is 8.44. The first-order valence-corrected chi connectivity index (χ1v) is 9.32. The predicted octanol–water partition coefficient (Wildman–Crippen LogP) is 0.875. The Morgan fingerprint density at radius 1 is 1.39 bits per heavy atom. The Morgan fingerprint density at radius 2 is 2.04 bits per heavy atom. The molecular formula is C16H22N2O4S. The van der Waals surface area contributed by atoms with Crippen LogP contribution in [0.3, 0.4) is 0 Å². The SMILES string of the molecule is Cc1ccc(S(N)(=O)=O)cc1C(=O)N1C[C@@H](C)[C@](O)(C2CC2)C1. The molecule has 2 atom stereocenters. The maximum absolute atomic E-state index is 12.8. The smallest absolute Gasteiger partial charge is 0.254 e. The Bertz CT molecular complexity index is 757. The van der Waals surface area contributed by atoms with Gasteiger partial charge < -0.3 is 10.0 Å². The first-order chi connectivity index (χ1) is 10.6. The van der Waals surface area contributed by atoms with Crippen LogP contribution >= 0.6 is 0 Å². The number of β-amino-alcohol motifs (C(OH)–C–C–N with tert-alkyl or cyclic N) is 1. The average molecular weight is 338 g/mol. The highest BCUT2D eigenvalue weighted by Crippen LogP contribution is 2.47. The third-order valence-electron chi connectivity index (χ3n) is 5.13. The number of aryl methyl sites for hydroxylation is 1. The molecule has 2 aliphatic rings. The lowest BCUT2D eigenvalue weighted by molar-refractivity contribution is -0.00365. The lowest BCUT2D eigenvalue weighted by Gasteiger charge is -2.26. The fourth-order valence-electron chi connectivity index (χ4n) is 3.46. The van der Waals surface area contributed by atoms with E-state index in [9.17, 15) is 18.3 Å². The van der Waals surface area contributed by atoms with Gasteiger partial charge in [0.1, 0.15) is 0 Å². The standard InChI is InChI=1S/C16H22N2O4S/c1-10-3-6-13(23(17,21)22)7-14(10)15(19)18-8-11(2)16(20,9-18)12-4-5-12/h3,6-7,11-12,20H,4-5,8-9H2,1-2H3,(H2,17,21,22)/t11-,16+/m1/s1. The molecule has 3 N–H and O–H groups in total. The zero-order valence-electron chi connectivity index (χ0n) is 13.3. The lowest BCUT2D eigenvalue weighted by Crippen LogP contribution is -2.40. The van der Waals surface area contributed by atoms with Gasteiger partial charge >= 0.3 is 0 Å². The summed E-state index contributed by atoms with van der Waals surface area (Å²) in [6.07, 6.45) is 2.01. The van der Waals surface area contributed by atoms with E-state index < -0.39 is 15.6 Å². The van der Waals surface area contributed by atoms with E-state index in [1.165, 1.54) is 12.1 Å². The topological polar surface area (TPSA) is 101 Å². The fourth-order valence-corrected chi connectivity index (χ4v) is 4.00. The van der Waals surface area contributed by atoms with Crippen molar-refractivity contribution in [2.75, 3.05) is 13.1 Å². The summed E-state index contributed by atoms with van der Waals surface area (Å²) in [6, 6.07) is 4.31. The van der Waals surface area contributed by atoms with E-state index in [4.69, 9.17) is 5.14 Å². The summed E-state index contributed by atoms with van der Waals surface area (Å²) < 4.78 is 23.0. The van der Waals surface area contributed by atoms with Crippen molar-refractivity contribution in [3.8, 4) is 0 Å². The van der Waals surface area contributed by atoms with Gasteiger partial charge in [-0.05, 0) is 43.4 Å². The molecule has 126 valence electrons. The van der Waals surface area contributed by atoms with Gasteiger partial charge in [0.2, 0.25) is 10.0 Å². The molecular weight excluding hydrogens is 316 g/mol. The minimum Gasteiger partial charge on any atom is -0.387 e. The van der Waals surface area contributed by atoms with Crippen LogP contribution in [0.5, 0.6) is 0 Å². The van der Waals surface area contributed by atoms with Crippen LogP contribution in [0.2, 0.25) is 0 Å². The van der Waals surface area contributed by atoms with Crippen molar-refractivity contribution in [1.29, 1.82) is 0 Å². The Hall–Kier alpha value is -1.44. The van der Waals surface area contributed by atoms with Gasteiger partial charge in [-0.1, -0.05) is 13.0 Å².